The fourth-order valence-corrected chi connectivity index (χ4v) is 1.42. The quantitative estimate of drug-likeness (QED) is 0.564. The van der Waals surface area contributed by atoms with Crippen LogP contribution in [0.15, 0.2) is 24.3 Å². The van der Waals surface area contributed by atoms with Crippen LogP contribution in [0.1, 0.15) is 12.0 Å². The van der Waals surface area contributed by atoms with Crippen LogP contribution in [0.25, 0.3) is 0 Å². The maximum atomic E-state index is 11.4. The highest BCUT2D eigenvalue weighted by atomic mass is 35.5. The Morgan fingerprint density at radius 1 is 1.19 bits per heavy atom. The molecule has 0 spiro atoms. The largest absolute Gasteiger partial charge is 0.497 e. The smallest absolute Gasteiger partial charge is 0.202 e. The second kappa shape index (κ2) is 6.28. The zero-order chi connectivity index (χ0) is 12.0. The molecule has 0 heterocycles. The average Bonchev–Trinajstić information content (AvgIpc) is 2.30. The van der Waals surface area contributed by atoms with Gasteiger partial charge in [0.1, 0.15) is 5.75 Å². The Labute approximate surface area is 99.4 Å². The van der Waals surface area contributed by atoms with Gasteiger partial charge in [0, 0.05) is 18.7 Å². The summed E-state index contributed by atoms with van der Waals surface area (Å²) in [7, 11) is 1.57. The predicted octanol–water partition coefficient (Wildman–Crippen LogP) is 2.00. The normalized spacial score (nSPS) is 9.88. The van der Waals surface area contributed by atoms with E-state index in [2.05, 4.69) is 0 Å². The van der Waals surface area contributed by atoms with Crippen LogP contribution in [-0.2, 0) is 16.0 Å². The summed E-state index contributed by atoms with van der Waals surface area (Å²) in [4.78, 5) is 22.6. The van der Waals surface area contributed by atoms with Crippen LogP contribution in [-0.4, -0.2) is 24.6 Å². The van der Waals surface area contributed by atoms with Gasteiger partial charge in [-0.25, -0.2) is 0 Å². The molecule has 1 rings (SSSR count). The van der Waals surface area contributed by atoms with Crippen LogP contribution in [0.5, 0.6) is 5.75 Å². The zero-order valence-corrected chi connectivity index (χ0v) is 9.79. The van der Waals surface area contributed by atoms with Crippen LogP contribution < -0.4 is 4.74 Å². The van der Waals surface area contributed by atoms with Crippen molar-refractivity contribution in [2.75, 3.05) is 13.0 Å². The van der Waals surface area contributed by atoms with E-state index >= 15 is 0 Å². The number of rotatable bonds is 6. The standard InChI is InChI=1S/C12H13ClO3/c1-16-10-4-2-9(3-5-10)8-12(15)11(14)6-7-13/h2-5H,6-8H2,1H3. The van der Waals surface area contributed by atoms with E-state index in [4.69, 9.17) is 16.3 Å². The number of carbonyl (C=O) groups excluding carboxylic acids is 2. The van der Waals surface area contributed by atoms with E-state index in [0.717, 1.165) is 11.3 Å². The van der Waals surface area contributed by atoms with Crippen LogP contribution in [0.2, 0.25) is 0 Å². The van der Waals surface area contributed by atoms with Crippen LogP contribution in [0, 0.1) is 0 Å². The van der Waals surface area contributed by atoms with E-state index in [1.54, 1.807) is 31.4 Å². The summed E-state index contributed by atoms with van der Waals surface area (Å²) in [6.45, 7) is 0. The minimum Gasteiger partial charge on any atom is -0.497 e. The molecule has 0 atom stereocenters. The van der Waals surface area contributed by atoms with E-state index in [0.29, 0.717) is 0 Å². The van der Waals surface area contributed by atoms with Gasteiger partial charge >= 0.3 is 0 Å². The van der Waals surface area contributed by atoms with Gasteiger partial charge in [0.05, 0.1) is 7.11 Å². The van der Waals surface area contributed by atoms with E-state index in [9.17, 15) is 9.59 Å². The van der Waals surface area contributed by atoms with Crippen LogP contribution >= 0.6 is 11.6 Å². The number of benzene rings is 1. The minimum absolute atomic E-state index is 0.108. The fraction of sp³-hybridized carbons (Fsp3) is 0.333. The fourth-order valence-electron chi connectivity index (χ4n) is 1.25. The molecule has 1 aromatic rings. The first-order chi connectivity index (χ1) is 7.67. The lowest BCUT2D eigenvalue weighted by Crippen LogP contribution is -2.16. The first-order valence-corrected chi connectivity index (χ1v) is 5.45. The Bertz CT molecular complexity index is 370. The Morgan fingerprint density at radius 2 is 1.81 bits per heavy atom. The summed E-state index contributed by atoms with van der Waals surface area (Å²) >= 11 is 5.39. The van der Waals surface area contributed by atoms with Gasteiger partial charge in [0.15, 0.2) is 5.78 Å². The van der Waals surface area contributed by atoms with Crippen molar-refractivity contribution in [3.8, 4) is 5.75 Å². The van der Waals surface area contributed by atoms with Gasteiger partial charge < -0.3 is 4.74 Å². The summed E-state index contributed by atoms with van der Waals surface area (Å²) in [5, 5.41) is 0. The zero-order valence-electron chi connectivity index (χ0n) is 9.03. The molecule has 0 aromatic heterocycles. The molecule has 86 valence electrons. The topological polar surface area (TPSA) is 43.4 Å². The lowest BCUT2D eigenvalue weighted by molar-refractivity contribution is -0.135. The summed E-state index contributed by atoms with van der Waals surface area (Å²) in [6, 6.07) is 7.05. The molecule has 0 bridgehead atoms. The van der Waals surface area contributed by atoms with Crippen LogP contribution in [0.4, 0.5) is 0 Å². The van der Waals surface area contributed by atoms with E-state index in [1.807, 2.05) is 0 Å². The second-order valence-corrected chi connectivity index (χ2v) is 3.69. The lowest BCUT2D eigenvalue weighted by Gasteiger charge is -2.02. The molecule has 0 aliphatic heterocycles. The Hall–Kier alpha value is -1.35. The lowest BCUT2D eigenvalue weighted by atomic mass is 10.1. The number of carbonyl (C=O) groups is 2. The van der Waals surface area contributed by atoms with Gasteiger partial charge in [-0.2, -0.15) is 0 Å². The number of ether oxygens (including phenoxy) is 1. The number of halogens is 1. The number of hydrogen-bond donors (Lipinski definition) is 0. The SMILES string of the molecule is COc1ccc(CC(=O)C(=O)CCCl)cc1. The van der Waals surface area contributed by atoms with Crippen molar-refractivity contribution >= 4 is 23.2 Å². The van der Waals surface area contributed by atoms with Crippen molar-refractivity contribution < 1.29 is 14.3 Å². The van der Waals surface area contributed by atoms with Crippen molar-refractivity contribution in [2.24, 2.45) is 0 Å². The molecule has 0 saturated carbocycles. The number of ketones is 2. The van der Waals surface area contributed by atoms with E-state index in [1.165, 1.54) is 0 Å². The maximum absolute atomic E-state index is 11.4. The predicted molar refractivity (Wildman–Crippen MR) is 62.0 cm³/mol. The van der Waals surface area contributed by atoms with Crippen molar-refractivity contribution in [1.29, 1.82) is 0 Å². The van der Waals surface area contributed by atoms with Gasteiger partial charge in [-0.1, -0.05) is 12.1 Å². The molecule has 0 N–H and O–H groups in total. The molecule has 0 fully saturated rings. The van der Waals surface area contributed by atoms with Gasteiger partial charge in [0.25, 0.3) is 0 Å². The molecule has 0 amide bonds. The Morgan fingerprint density at radius 3 is 2.31 bits per heavy atom. The second-order valence-electron chi connectivity index (χ2n) is 3.31. The third kappa shape index (κ3) is 3.66. The molecule has 0 unspecified atom stereocenters. The Balaban J connectivity index is 2.59. The highest BCUT2D eigenvalue weighted by Crippen LogP contribution is 2.12. The molecular weight excluding hydrogens is 228 g/mol. The molecule has 1 aromatic carbocycles. The van der Waals surface area contributed by atoms with Gasteiger partial charge in [-0.05, 0) is 17.7 Å². The average molecular weight is 241 g/mol. The molecule has 3 nitrogen and oxygen atoms in total. The van der Waals surface area contributed by atoms with Crippen molar-refractivity contribution in [1.82, 2.24) is 0 Å². The van der Waals surface area contributed by atoms with Gasteiger partial charge in [0.2, 0.25) is 5.78 Å². The van der Waals surface area contributed by atoms with Crippen molar-refractivity contribution in [3.05, 3.63) is 29.8 Å². The van der Waals surface area contributed by atoms with Crippen molar-refractivity contribution in [3.63, 3.8) is 0 Å². The van der Waals surface area contributed by atoms with E-state index in [-0.39, 0.29) is 18.7 Å². The molecule has 0 saturated heterocycles. The first kappa shape index (κ1) is 12.7. The molecule has 4 heteroatoms. The number of hydrogen-bond acceptors (Lipinski definition) is 3. The highest BCUT2D eigenvalue weighted by molar-refractivity contribution is 6.38. The summed E-state index contributed by atoms with van der Waals surface area (Å²) < 4.78 is 4.99. The number of alkyl halides is 1. The number of methoxy groups -OCH3 is 1. The van der Waals surface area contributed by atoms with Crippen LogP contribution in [0.3, 0.4) is 0 Å². The molecular formula is C12H13ClO3. The van der Waals surface area contributed by atoms with Gasteiger partial charge in [-0.3, -0.25) is 9.59 Å². The summed E-state index contributed by atoms with van der Waals surface area (Å²) in [6.07, 6.45) is 0.232. The number of Topliss-reactive ketones (excluding diaryl/α,β-unsaturated/α-hetero) is 2. The minimum atomic E-state index is -0.411. The Kier molecular flexibility index (Phi) is 4.99. The summed E-state index contributed by atoms with van der Waals surface area (Å²) in [5.74, 6) is 0.104. The third-order valence-corrected chi connectivity index (χ3v) is 2.35. The molecule has 0 aliphatic rings. The third-order valence-electron chi connectivity index (χ3n) is 2.16. The summed E-state index contributed by atoms with van der Waals surface area (Å²) in [5.41, 5.74) is 0.800. The maximum Gasteiger partial charge on any atom is 0.202 e. The monoisotopic (exact) mass is 240 g/mol. The molecule has 0 aliphatic carbocycles. The first-order valence-electron chi connectivity index (χ1n) is 4.92. The molecule has 16 heavy (non-hydrogen) atoms. The van der Waals surface area contributed by atoms with Crippen molar-refractivity contribution in [2.45, 2.75) is 12.8 Å². The van der Waals surface area contributed by atoms with Gasteiger partial charge in [-0.15, -0.1) is 11.6 Å². The highest BCUT2D eigenvalue weighted by Gasteiger charge is 2.13. The molecule has 0 radical (unpaired) electrons. The van der Waals surface area contributed by atoms with E-state index < -0.39 is 11.6 Å².